The summed E-state index contributed by atoms with van der Waals surface area (Å²) in [5, 5.41) is 0. The van der Waals surface area contributed by atoms with E-state index in [-0.39, 0.29) is 11.1 Å². The molecule has 2 nitrogen and oxygen atoms in total. The van der Waals surface area contributed by atoms with Crippen molar-refractivity contribution >= 4 is 0 Å². The summed E-state index contributed by atoms with van der Waals surface area (Å²) in [5.74, 6) is 0. The second-order valence-corrected chi connectivity index (χ2v) is 5.24. The number of morpholine rings is 1. The van der Waals surface area contributed by atoms with E-state index < -0.39 is 0 Å². The first kappa shape index (κ1) is 11.0. The van der Waals surface area contributed by atoms with Crippen LogP contribution >= 0.6 is 0 Å². The van der Waals surface area contributed by atoms with Gasteiger partial charge in [0.1, 0.15) is 0 Å². The van der Waals surface area contributed by atoms with Crippen molar-refractivity contribution in [2.24, 2.45) is 0 Å². The molecule has 1 unspecified atom stereocenters. The summed E-state index contributed by atoms with van der Waals surface area (Å²) in [6.07, 6.45) is 1.10. The van der Waals surface area contributed by atoms with Gasteiger partial charge in [-0.15, -0.1) is 0 Å². The molecule has 1 rings (SSSR count). The molecule has 0 aromatic rings. The van der Waals surface area contributed by atoms with Crippen LogP contribution in [0.1, 0.15) is 41.0 Å². The van der Waals surface area contributed by atoms with Crippen LogP contribution in [0.2, 0.25) is 0 Å². The van der Waals surface area contributed by atoms with Crippen molar-refractivity contribution in [3.63, 3.8) is 0 Å². The lowest BCUT2D eigenvalue weighted by Crippen LogP contribution is -2.56. The topological polar surface area (TPSA) is 12.5 Å². The van der Waals surface area contributed by atoms with Crippen LogP contribution in [0.3, 0.4) is 0 Å². The van der Waals surface area contributed by atoms with Gasteiger partial charge in [-0.1, -0.05) is 6.92 Å². The van der Waals surface area contributed by atoms with Gasteiger partial charge in [-0.3, -0.25) is 4.90 Å². The minimum Gasteiger partial charge on any atom is -0.373 e. The normalized spacial score (nSPS) is 32.1. The maximum absolute atomic E-state index is 5.80. The molecule has 1 aliphatic heterocycles. The molecule has 2 heteroatoms. The highest BCUT2D eigenvalue weighted by molar-refractivity contribution is 4.88. The molecule has 0 aliphatic carbocycles. The summed E-state index contributed by atoms with van der Waals surface area (Å²) in [5.41, 5.74) is 0.353. The van der Waals surface area contributed by atoms with Crippen molar-refractivity contribution in [3.05, 3.63) is 0 Å². The molecule has 1 aliphatic rings. The van der Waals surface area contributed by atoms with Crippen molar-refractivity contribution in [1.29, 1.82) is 0 Å². The fraction of sp³-hybridized carbons (Fsp3) is 1.00. The highest BCUT2D eigenvalue weighted by Gasteiger charge is 2.34. The minimum atomic E-state index is 0.0749. The standard InChI is InChI=1S/C11H23NO/c1-6-11(5)9-12(7-8-13-11)10(2,3)4/h6-9H2,1-5H3. The Kier molecular flexibility index (Phi) is 3.03. The minimum absolute atomic E-state index is 0.0749. The van der Waals surface area contributed by atoms with Gasteiger partial charge in [0.25, 0.3) is 0 Å². The molecule has 0 bridgehead atoms. The first-order valence-electron chi connectivity index (χ1n) is 5.26. The van der Waals surface area contributed by atoms with Crippen LogP contribution in [-0.4, -0.2) is 35.7 Å². The Labute approximate surface area is 82.3 Å². The Bertz CT molecular complexity index is 173. The Hall–Kier alpha value is -0.0800. The third kappa shape index (κ3) is 2.68. The zero-order chi connectivity index (χ0) is 10.1. The number of hydrogen-bond acceptors (Lipinski definition) is 2. The van der Waals surface area contributed by atoms with Crippen LogP contribution in [0.15, 0.2) is 0 Å². The van der Waals surface area contributed by atoms with Gasteiger partial charge in [-0.25, -0.2) is 0 Å². The first-order valence-corrected chi connectivity index (χ1v) is 5.26. The number of ether oxygens (including phenoxy) is 1. The average Bonchev–Trinajstić information content (AvgIpc) is 2.03. The molecule has 0 aromatic carbocycles. The van der Waals surface area contributed by atoms with Crippen LogP contribution < -0.4 is 0 Å². The van der Waals surface area contributed by atoms with Crippen molar-refractivity contribution in [3.8, 4) is 0 Å². The highest BCUT2D eigenvalue weighted by Crippen LogP contribution is 2.25. The highest BCUT2D eigenvalue weighted by atomic mass is 16.5. The molecule has 0 amide bonds. The summed E-state index contributed by atoms with van der Waals surface area (Å²) in [4.78, 5) is 2.51. The summed E-state index contributed by atoms with van der Waals surface area (Å²) in [6, 6.07) is 0. The smallest absolute Gasteiger partial charge is 0.0779 e. The van der Waals surface area contributed by atoms with E-state index in [0.29, 0.717) is 0 Å². The quantitative estimate of drug-likeness (QED) is 0.621. The molecule has 0 saturated carbocycles. The van der Waals surface area contributed by atoms with E-state index in [4.69, 9.17) is 4.74 Å². The van der Waals surface area contributed by atoms with Gasteiger partial charge >= 0.3 is 0 Å². The SMILES string of the molecule is CCC1(C)CN(C(C)(C)C)CCO1. The monoisotopic (exact) mass is 185 g/mol. The van der Waals surface area contributed by atoms with Crippen LogP contribution in [0, 0.1) is 0 Å². The zero-order valence-electron chi connectivity index (χ0n) is 9.68. The zero-order valence-corrected chi connectivity index (χ0v) is 9.68. The lowest BCUT2D eigenvalue weighted by Gasteiger charge is -2.46. The third-order valence-electron chi connectivity index (χ3n) is 3.03. The molecule has 0 spiro atoms. The molecule has 1 heterocycles. The molecule has 0 radical (unpaired) electrons. The van der Waals surface area contributed by atoms with Crippen LogP contribution in [0.4, 0.5) is 0 Å². The fourth-order valence-corrected chi connectivity index (χ4v) is 1.72. The molecular weight excluding hydrogens is 162 g/mol. The number of nitrogens with zero attached hydrogens (tertiary/aromatic N) is 1. The summed E-state index contributed by atoms with van der Waals surface area (Å²) >= 11 is 0. The third-order valence-corrected chi connectivity index (χ3v) is 3.03. The molecule has 1 fully saturated rings. The van der Waals surface area contributed by atoms with Gasteiger partial charge in [-0.2, -0.15) is 0 Å². The first-order chi connectivity index (χ1) is 5.87. The lowest BCUT2D eigenvalue weighted by molar-refractivity contribution is -0.120. The van der Waals surface area contributed by atoms with E-state index in [1.165, 1.54) is 0 Å². The van der Waals surface area contributed by atoms with E-state index in [0.717, 1.165) is 26.1 Å². The van der Waals surface area contributed by atoms with Crippen LogP contribution in [0.25, 0.3) is 0 Å². The number of rotatable bonds is 1. The van der Waals surface area contributed by atoms with Gasteiger partial charge in [0.2, 0.25) is 0 Å². The Balaban J connectivity index is 2.62. The van der Waals surface area contributed by atoms with Crippen LogP contribution in [-0.2, 0) is 4.74 Å². The Morgan fingerprint density at radius 2 is 2.00 bits per heavy atom. The average molecular weight is 185 g/mol. The van der Waals surface area contributed by atoms with Gasteiger partial charge < -0.3 is 4.74 Å². The lowest BCUT2D eigenvalue weighted by atomic mass is 9.96. The maximum Gasteiger partial charge on any atom is 0.0779 e. The fourth-order valence-electron chi connectivity index (χ4n) is 1.72. The van der Waals surface area contributed by atoms with Gasteiger partial charge in [0, 0.05) is 18.6 Å². The summed E-state index contributed by atoms with van der Waals surface area (Å²) in [6.45, 7) is 14.2. The summed E-state index contributed by atoms with van der Waals surface area (Å²) < 4.78 is 5.80. The molecule has 0 N–H and O–H groups in total. The van der Waals surface area contributed by atoms with E-state index in [9.17, 15) is 0 Å². The van der Waals surface area contributed by atoms with E-state index in [1.54, 1.807) is 0 Å². The van der Waals surface area contributed by atoms with Crippen molar-refractivity contribution < 1.29 is 4.74 Å². The van der Waals surface area contributed by atoms with E-state index in [2.05, 4.69) is 39.5 Å². The van der Waals surface area contributed by atoms with Crippen LogP contribution in [0.5, 0.6) is 0 Å². The van der Waals surface area contributed by atoms with Gasteiger partial charge in [0.05, 0.1) is 12.2 Å². The van der Waals surface area contributed by atoms with Crippen molar-refractivity contribution in [2.45, 2.75) is 52.2 Å². The molecule has 1 saturated heterocycles. The van der Waals surface area contributed by atoms with Crippen molar-refractivity contribution in [1.82, 2.24) is 4.90 Å². The van der Waals surface area contributed by atoms with Gasteiger partial charge in [0.15, 0.2) is 0 Å². The van der Waals surface area contributed by atoms with E-state index in [1.807, 2.05) is 0 Å². The Morgan fingerprint density at radius 3 is 2.46 bits per heavy atom. The molecule has 13 heavy (non-hydrogen) atoms. The molecule has 78 valence electrons. The number of hydrogen-bond donors (Lipinski definition) is 0. The summed E-state index contributed by atoms with van der Waals surface area (Å²) in [7, 11) is 0. The molecule has 0 aromatic heterocycles. The van der Waals surface area contributed by atoms with E-state index >= 15 is 0 Å². The Morgan fingerprint density at radius 1 is 1.38 bits per heavy atom. The molecular formula is C11H23NO. The second-order valence-electron chi connectivity index (χ2n) is 5.24. The van der Waals surface area contributed by atoms with Crippen molar-refractivity contribution in [2.75, 3.05) is 19.7 Å². The predicted molar refractivity (Wildman–Crippen MR) is 56.0 cm³/mol. The maximum atomic E-state index is 5.80. The second kappa shape index (κ2) is 3.58. The predicted octanol–water partition coefficient (Wildman–Crippen LogP) is 2.29. The largest absolute Gasteiger partial charge is 0.373 e. The van der Waals surface area contributed by atoms with Gasteiger partial charge in [-0.05, 0) is 34.1 Å². The molecule has 1 atom stereocenters.